The lowest BCUT2D eigenvalue weighted by atomic mass is 10.1. The van der Waals surface area contributed by atoms with Crippen molar-refractivity contribution >= 4 is 33.4 Å². The van der Waals surface area contributed by atoms with Crippen LogP contribution in [0.4, 0.5) is 0 Å². The molecule has 1 atom stereocenters. The maximum absolute atomic E-state index is 11.5. The Labute approximate surface area is 121 Å². The molecule has 0 aliphatic rings. The van der Waals surface area contributed by atoms with Gasteiger partial charge in [-0.15, -0.1) is 0 Å². The van der Waals surface area contributed by atoms with Crippen molar-refractivity contribution < 1.29 is 4.79 Å². The predicted molar refractivity (Wildman–Crippen MR) is 78.8 cm³/mol. The molecule has 0 saturated heterocycles. The van der Waals surface area contributed by atoms with Gasteiger partial charge >= 0.3 is 0 Å². The summed E-state index contributed by atoms with van der Waals surface area (Å²) in [4.78, 5) is 11.5. The average molecular weight is 334 g/mol. The number of amides is 1. The largest absolute Gasteiger partial charge is 0.353 e. The molecule has 0 bridgehead atoms. The third-order valence-corrected chi connectivity index (χ3v) is 3.27. The third-order valence-electron chi connectivity index (χ3n) is 2.45. The molecule has 3 nitrogen and oxygen atoms in total. The van der Waals surface area contributed by atoms with Crippen LogP contribution in [0.25, 0.3) is 0 Å². The summed E-state index contributed by atoms with van der Waals surface area (Å²) in [6.07, 6.45) is 0. The maximum Gasteiger partial charge on any atom is 0.234 e. The van der Waals surface area contributed by atoms with E-state index in [0.717, 1.165) is 10.0 Å². The Morgan fingerprint density at radius 2 is 2.06 bits per heavy atom. The number of rotatable bonds is 5. The van der Waals surface area contributed by atoms with Crippen LogP contribution in [0.1, 0.15) is 32.4 Å². The number of carbonyl (C=O) groups is 1. The number of nitrogens with one attached hydrogen (secondary N) is 2. The Kier molecular flexibility index (Phi) is 6.12. The van der Waals surface area contributed by atoms with Gasteiger partial charge in [-0.1, -0.05) is 33.6 Å². The Morgan fingerprint density at radius 1 is 1.39 bits per heavy atom. The quantitative estimate of drug-likeness (QED) is 0.868. The molecule has 1 amide bonds. The van der Waals surface area contributed by atoms with E-state index >= 15 is 0 Å². The van der Waals surface area contributed by atoms with E-state index in [0.29, 0.717) is 5.02 Å². The Hall–Kier alpha value is -0.580. The summed E-state index contributed by atoms with van der Waals surface area (Å²) in [5.74, 6) is -0.00918. The first-order chi connectivity index (χ1) is 8.40. The lowest BCUT2D eigenvalue weighted by Gasteiger charge is -2.16. The van der Waals surface area contributed by atoms with Crippen molar-refractivity contribution in [3.05, 3.63) is 33.3 Å². The SMILES string of the molecule is CC(C)NC(=O)CNC(C)c1ccc(Br)cc1Cl. The molecule has 0 aliphatic heterocycles. The van der Waals surface area contributed by atoms with E-state index in [2.05, 4.69) is 26.6 Å². The first-order valence-electron chi connectivity index (χ1n) is 5.88. The molecule has 0 saturated carbocycles. The molecule has 0 spiro atoms. The molecule has 0 aliphatic carbocycles. The van der Waals surface area contributed by atoms with Crippen molar-refractivity contribution in [3.63, 3.8) is 0 Å². The molecule has 1 rings (SSSR count). The van der Waals surface area contributed by atoms with E-state index in [1.165, 1.54) is 0 Å². The Bertz CT molecular complexity index is 423. The second-order valence-corrected chi connectivity index (χ2v) is 5.81. The highest BCUT2D eigenvalue weighted by Crippen LogP contribution is 2.26. The summed E-state index contributed by atoms with van der Waals surface area (Å²) in [6.45, 7) is 6.14. The molecule has 1 aromatic carbocycles. The summed E-state index contributed by atoms with van der Waals surface area (Å²) in [5.41, 5.74) is 0.984. The minimum atomic E-state index is -0.00918. The highest BCUT2D eigenvalue weighted by Gasteiger charge is 2.11. The van der Waals surface area contributed by atoms with Crippen molar-refractivity contribution in [1.29, 1.82) is 0 Å². The van der Waals surface area contributed by atoms with Crippen molar-refractivity contribution in [3.8, 4) is 0 Å². The van der Waals surface area contributed by atoms with Gasteiger partial charge in [0.1, 0.15) is 0 Å². The van der Waals surface area contributed by atoms with Crippen LogP contribution in [0.5, 0.6) is 0 Å². The van der Waals surface area contributed by atoms with Gasteiger partial charge in [0.05, 0.1) is 6.54 Å². The van der Waals surface area contributed by atoms with Crippen LogP contribution >= 0.6 is 27.5 Å². The van der Waals surface area contributed by atoms with E-state index in [4.69, 9.17) is 11.6 Å². The monoisotopic (exact) mass is 332 g/mol. The molecule has 5 heteroatoms. The second-order valence-electron chi connectivity index (χ2n) is 4.49. The molecular formula is C13H18BrClN2O. The van der Waals surface area contributed by atoms with Crippen molar-refractivity contribution in [2.75, 3.05) is 6.54 Å². The summed E-state index contributed by atoms with van der Waals surface area (Å²) in [7, 11) is 0. The highest BCUT2D eigenvalue weighted by atomic mass is 79.9. The van der Waals surface area contributed by atoms with Gasteiger partial charge in [-0.2, -0.15) is 0 Å². The third kappa shape index (κ3) is 4.96. The first-order valence-corrected chi connectivity index (χ1v) is 7.05. The molecule has 0 heterocycles. The summed E-state index contributed by atoms with van der Waals surface area (Å²) < 4.78 is 0.945. The summed E-state index contributed by atoms with van der Waals surface area (Å²) in [5, 5.41) is 6.67. The number of halogens is 2. The lowest BCUT2D eigenvalue weighted by Crippen LogP contribution is -2.38. The van der Waals surface area contributed by atoms with Crippen LogP contribution < -0.4 is 10.6 Å². The molecule has 2 N–H and O–H groups in total. The molecular weight excluding hydrogens is 316 g/mol. The summed E-state index contributed by atoms with van der Waals surface area (Å²) in [6, 6.07) is 5.93. The Balaban J connectivity index is 2.55. The van der Waals surface area contributed by atoms with Gasteiger partial charge in [-0.3, -0.25) is 4.79 Å². The average Bonchev–Trinajstić information content (AvgIpc) is 2.25. The van der Waals surface area contributed by atoms with Gasteiger partial charge in [0.15, 0.2) is 0 Å². The predicted octanol–water partition coefficient (Wildman–Crippen LogP) is 3.28. The minimum Gasteiger partial charge on any atom is -0.353 e. The molecule has 0 fully saturated rings. The fourth-order valence-electron chi connectivity index (χ4n) is 1.58. The minimum absolute atomic E-state index is 0.00918. The van der Waals surface area contributed by atoms with Gasteiger partial charge < -0.3 is 10.6 Å². The van der Waals surface area contributed by atoms with Crippen LogP contribution in [0.3, 0.4) is 0 Å². The molecule has 1 aromatic rings. The van der Waals surface area contributed by atoms with Gasteiger partial charge in [0, 0.05) is 21.6 Å². The highest BCUT2D eigenvalue weighted by molar-refractivity contribution is 9.10. The first kappa shape index (κ1) is 15.5. The van der Waals surface area contributed by atoms with Crippen LogP contribution in [0, 0.1) is 0 Å². The van der Waals surface area contributed by atoms with Gasteiger partial charge in [-0.25, -0.2) is 0 Å². The van der Waals surface area contributed by atoms with Crippen LogP contribution in [0.2, 0.25) is 5.02 Å². The second kappa shape index (κ2) is 7.12. The van der Waals surface area contributed by atoms with Crippen molar-refractivity contribution in [2.45, 2.75) is 32.9 Å². The zero-order chi connectivity index (χ0) is 13.7. The van der Waals surface area contributed by atoms with E-state index in [1.54, 1.807) is 0 Å². The van der Waals surface area contributed by atoms with Gasteiger partial charge in [0.25, 0.3) is 0 Å². The van der Waals surface area contributed by atoms with Crippen LogP contribution in [-0.2, 0) is 4.79 Å². The fourth-order valence-corrected chi connectivity index (χ4v) is 2.42. The van der Waals surface area contributed by atoms with E-state index < -0.39 is 0 Å². The van der Waals surface area contributed by atoms with Crippen LogP contribution in [0.15, 0.2) is 22.7 Å². The molecule has 100 valence electrons. The normalized spacial score (nSPS) is 12.6. The van der Waals surface area contributed by atoms with Crippen molar-refractivity contribution in [1.82, 2.24) is 10.6 Å². The maximum atomic E-state index is 11.5. The fraction of sp³-hybridized carbons (Fsp3) is 0.462. The lowest BCUT2D eigenvalue weighted by molar-refractivity contribution is -0.120. The smallest absolute Gasteiger partial charge is 0.234 e. The zero-order valence-corrected chi connectivity index (χ0v) is 13.1. The molecule has 1 unspecified atom stereocenters. The van der Waals surface area contributed by atoms with Crippen LogP contribution in [-0.4, -0.2) is 18.5 Å². The van der Waals surface area contributed by atoms with Crippen molar-refractivity contribution in [2.24, 2.45) is 0 Å². The summed E-state index contributed by atoms with van der Waals surface area (Å²) >= 11 is 9.52. The van der Waals surface area contributed by atoms with Gasteiger partial charge in [-0.05, 0) is 38.5 Å². The topological polar surface area (TPSA) is 41.1 Å². The number of hydrogen-bond acceptors (Lipinski definition) is 2. The molecule has 0 aromatic heterocycles. The van der Waals surface area contributed by atoms with E-state index in [1.807, 2.05) is 39.0 Å². The van der Waals surface area contributed by atoms with E-state index in [-0.39, 0.29) is 24.5 Å². The number of carbonyl (C=O) groups excluding carboxylic acids is 1. The number of hydrogen-bond donors (Lipinski definition) is 2. The Morgan fingerprint density at radius 3 is 2.61 bits per heavy atom. The number of benzene rings is 1. The molecule has 0 radical (unpaired) electrons. The standard InChI is InChI=1S/C13H18BrClN2O/c1-8(2)17-13(18)7-16-9(3)11-5-4-10(14)6-12(11)15/h4-6,8-9,16H,7H2,1-3H3,(H,17,18). The van der Waals surface area contributed by atoms with E-state index in [9.17, 15) is 4.79 Å². The molecule has 18 heavy (non-hydrogen) atoms. The van der Waals surface area contributed by atoms with Gasteiger partial charge in [0.2, 0.25) is 5.91 Å². The zero-order valence-electron chi connectivity index (χ0n) is 10.8.